The zero-order valence-corrected chi connectivity index (χ0v) is 14.0. The molecular weight excluding hydrogens is 364 g/mol. The van der Waals surface area contributed by atoms with E-state index in [0.29, 0.717) is 28.9 Å². The number of benzene rings is 1. The van der Waals surface area contributed by atoms with Gasteiger partial charge in [0.1, 0.15) is 0 Å². The zero-order valence-electron chi connectivity index (χ0n) is 12.4. The van der Waals surface area contributed by atoms with Crippen LogP contribution in [-0.2, 0) is 13.1 Å². The van der Waals surface area contributed by atoms with Gasteiger partial charge in [-0.05, 0) is 35.0 Å². The monoisotopic (exact) mass is 378 g/mol. The number of amides is 1. The number of rotatable bonds is 2. The highest BCUT2D eigenvalue weighted by molar-refractivity contribution is 9.10. The van der Waals surface area contributed by atoms with Crippen LogP contribution < -0.4 is 20.1 Å². The Kier molecular flexibility index (Phi) is 3.50. The van der Waals surface area contributed by atoms with Crippen LogP contribution in [-0.4, -0.2) is 28.5 Å². The van der Waals surface area contributed by atoms with Gasteiger partial charge in [-0.25, -0.2) is 0 Å². The molecule has 0 saturated heterocycles. The Labute approximate surface area is 141 Å². The SMILES string of the molecule is CC1Cn2nc(C(=O)Nc3cc(Br)c4c(c3)OCO4)cc2CN1. The largest absolute Gasteiger partial charge is 0.453 e. The lowest BCUT2D eigenvalue weighted by Crippen LogP contribution is -2.36. The Morgan fingerprint density at radius 3 is 3.17 bits per heavy atom. The minimum absolute atomic E-state index is 0.185. The van der Waals surface area contributed by atoms with Crippen LogP contribution in [0.25, 0.3) is 0 Å². The van der Waals surface area contributed by atoms with Crippen molar-refractivity contribution in [3.05, 3.63) is 34.1 Å². The number of hydrogen-bond donors (Lipinski definition) is 2. The van der Waals surface area contributed by atoms with Crippen LogP contribution in [0.15, 0.2) is 22.7 Å². The predicted molar refractivity (Wildman–Crippen MR) is 86.7 cm³/mol. The Morgan fingerprint density at radius 2 is 2.30 bits per heavy atom. The molecule has 0 aliphatic carbocycles. The molecule has 0 fully saturated rings. The van der Waals surface area contributed by atoms with Gasteiger partial charge in [0, 0.05) is 24.3 Å². The van der Waals surface area contributed by atoms with Crippen molar-refractivity contribution in [3.63, 3.8) is 0 Å². The molecule has 2 aliphatic heterocycles. The summed E-state index contributed by atoms with van der Waals surface area (Å²) in [6.45, 7) is 3.76. The summed E-state index contributed by atoms with van der Waals surface area (Å²) in [6.07, 6.45) is 0. The second kappa shape index (κ2) is 5.54. The van der Waals surface area contributed by atoms with Crippen molar-refractivity contribution < 1.29 is 14.3 Å². The third-order valence-corrected chi connectivity index (χ3v) is 4.45. The summed E-state index contributed by atoms with van der Waals surface area (Å²) in [4.78, 5) is 12.4. The molecule has 120 valence electrons. The Bertz CT molecular complexity index is 789. The van der Waals surface area contributed by atoms with E-state index >= 15 is 0 Å². The van der Waals surface area contributed by atoms with E-state index in [-0.39, 0.29) is 12.7 Å². The molecule has 0 spiro atoms. The van der Waals surface area contributed by atoms with E-state index in [1.165, 1.54) is 0 Å². The molecule has 1 amide bonds. The molecule has 1 atom stereocenters. The third kappa shape index (κ3) is 2.68. The Morgan fingerprint density at radius 1 is 1.43 bits per heavy atom. The lowest BCUT2D eigenvalue weighted by Gasteiger charge is -2.21. The van der Waals surface area contributed by atoms with Gasteiger partial charge in [-0.2, -0.15) is 5.10 Å². The summed E-state index contributed by atoms with van der Waals surface area (Å²) < 4.78 is 13.3. The number of nitrogens with zero attached hydrogens (tertiary/aromatic N) is 2. The molecule has 3 heterocycles. The minimum atomic E-state index is -0.245. The van der Waals surface area contributed by atoms with Crippen LogP contribution >= 0.6 is 15.9 Å². The van der Waals surface area contributed by atoms with Crippen molar-refractivity contribution in [2.75, 3.05) is 12.1 Å². The van der Waals surface area contributed by atoms with Crippen molar-refractivity contribution in [2.45, 2.75) is 26.1 Å². The number of carbonyl (C=O) groups excluding carboxylic acids is 1. The molecule has 1 aromatic carbocycles. The fourth-order valence-corrected chi connectivity index (χ4v) is 3.26. The van der Waals surface area contributed by atoms with E-state index in [0.717, 1.165) is 23.3 Å². The van der Waals surface area contributed by atoms with E-state index in [4.69, 9.17) is 9.47 Å². The summed E-state index contributed by atoms with van der Waals surface area (Å²) in [5, 5.41) is 10.6. The van der Waals surface area contributed by atoms with E-state index in [2.05, 4.69) is 38.6 Å². The maximum absolute atomic E-state index is 12.4. The second-order valence-electron chi connectivity index (χ2n) is 5.63. The molecule has 23 heavy (non-hydrogen) atoms. The lowest BCUT2D eigenvalue weighted by molar-refractivity contribution is 0.102. The smallest absolute Gasteiger partial charge is 0.276 e. The van der Waals surface area contributed by atoms with Crippen LogP contribution in [0.4, 0.5) is 5.69 Å². The lowest BCUT2D eigenvalue weighted by atomic mass is 10.2. The van der Waals surface area contributed by atoms with E-state index < -0.39 is 0 Å². The first kappa shape index (κ1) is 14.5. The number of fused-ring (bicyclic) bond motifs is 2. The number of hydrogen-bond acceptors (Lipinski definition) is 5. The number of ether oxygens (including phenoxy) is 2. The standard InChI is InChI=1S/C15H15BrN4O3/c1-8-6-20-10(5-17-8)4-12(19-20)15(21)18-9-2-11(16)14-13(3-9)22-7-23-14/h2-4,8,17H,5-7H2,1H3,(H,18,21). The van der Waals surface area contributed by atoms with Gasteiger partial charge in [0.2, 0.25) is 6.79 Å². The Balaban J connectivity index is 1.56. The molecule has 2 aromatic rings. The highest BCUT2D eigenvalue weighted by atomic mass is 79.9. The fourth-order valence-electron chi connectivity index (χ4n) is 2.70. The van der Waals surface area contributed by atoms with Gasteiger partial charge in [-0.1, -0.05) is 0 Å². The average Bonchev–Trinajstić information content (AvgIpc) is 3.13. The maximum atomic E-state index is 12.4. The maximum Gasteiger partial charge on any atom is 0.276 e. The zero-order chi connectivity index (χ0) is 16.0. The molecule has 2 aliphatic rings. The van der Waals surface area contributed by atoms with E-state index in [1.54, 1.807) is 12.1 Å². The molecule has 2 N–H and O–H groups in total. The topological polar surface area (TPSA) is 77.4 Å². The number of halogens is 1. The van der Waals surface area contributed by atoms with Gasteiger partial charge in [-0.3, -0.25) is 9.48 Å². The predicted octanol–water partition coefficient (Wildman–Crippen LogP) is 2.12. The highest BCUT2D eigenvalue weighted by Crippen LogP contribution is 2.41. The van der Waals surface area contributed by atoms with Gasteiger partial charge < -0.3 is 20.1 Å². The van der Waals surface area contributed by atoms with Crippen molar-refractivity contribution >= 4 is 27.5 Å². The van der Waals surface area contributed by atoms with Gasteiger partial charge in [0.25, 0.3) is 5.91 Å². The number of carbonyl (C=O) groups is 1. The molecule has 4 rings (SSSR count). The summed E-state index contributed by atoms with van der Waals surface area (Å²) >= 11 is 3.41. The normalized spacial score (nSPS) is 18.6. The van der Waals surface area contributed by atoms with Gasteiger partial charge in [0.05, 0.1) is 16.7 Å². The number of aromatic nitrogens is 2. The first-order chi connectivity index (χ1) is 11.1. The van der Waals surface area contributed by atoms with Crippen molar-refractivity contribution in [3.8, 4) is 11.5 Å². The van der Waals surface area contributed by atoms with Crippen LogP contribution in [0, 0.1) is 0 Å². The first-order valence-electron chi connectivity index (χ1n) is 7.31. The highest BCUT2D eigenvalue weighted by Gasteiger charge is 2.22. The average molecular weight is 379 g/mol. The van der Waals surface area contributed by atoms with Crippen LogP contribution in [0.5, 0.6) is 11.5 Å². The number of anilines is 1. The van der Waals surface area contributed by atoms with Crippen LogP contribution in [0.3, 0.4) is 0 Å². The van der Waals surface area contributed by atoms with Gasteiger partial charge >= 0.3 is 0 Å². The van der Waals surface area contributed by atoms with E-state index in [9.17, 15) is 4.79 Å². The summed E-state index contributed by atoms with van der Waals surface area (Å²) in [5.74, 6) is 1.02. The van der Waals surface area contributed by atoms with E-state index in [1.807, 2.05) is 10.7 Å². The molecule has 1 aromatic heterocycles. The van der Waals surface area contributed by atoms with Crippen LogP contribution in [0.1, 0.15) is 23.1 Å². The van der Waals surface area contributed by atoms with Gasteiger partial charge in [-0.15, -0.1) is 0 Å². The second-order valence-corrected chi connectivity index (χ2v) is 6.49. The molecule has 0 bridgehead atoms. The molecule has 7 nitrogen and oxygen atoms in total. The van der Waals surface area contributed by atoms with Crippen molar-refractivity contribution in [1.29, 1.82) is 0 Å². The van der Waals surface area contributed by atoms with Crippen molar-refractivity contribution in [1.82, 2.24) is 15.1 Å². The van der Waals surface area contributed by atoms with Gasteiger partial charge in [0.15, 0.2) is 17.2 Å². The first-order valence-corrected chi connectivity index (χ1v) is 8.10. The molecule has 0 saturated carbocycles. The summed E-state index contributed by atoms with van der Waals surface area (Å²) in [6, 6.07) is 5.69. The van der Waals surface area contributed by atoms with Crippen molar-refractivity contribution in [2.24, 2.45) is 0 Å². The summed E-state index contributed by atoms with van der Waals surface area (Å²) in [5.41, 5.74) is 2.05. The number of nitrogens with one attached hydrogen (secondary N) is 2. The fraction of sp³-hybridized carbons (Fsp3) is 0.333. The van der Waals surface area contributed by atoms with Crippen LogP contribution in [0.2, 0.25) is 0 Å². The molecule has 0 radical (unpaired) electrons. The summed E-state index contributed by atoms with van der Waals surface area (Å²) in [7, 11) is 0. The molecule has 1 unspecified atom stereocenters. The molecule has 8 heteroatoms. The minimum Gasteiger partial charge on any atom is -0.453 e. The Hall–Kier alpha value is -2.06. The molecular formula is C15H15BrN4O3. The quantitative estimate of drug-likeness (QED) is 0.836. The third-order valence-electron chi connectivity index (χ3n) is 3.86.